The van der Waals surface area contributed by atoms with Gasteiger partial charge >= 0.3 is 0 Å². The Morgan fingerprint density at radius 2 is 0.850 bits per heavy atom. The Bertz CT molecular complexity index is 1820. The highest BCUT2D eigenvalue weighted by Gasteiger charge is 2.50. The van der Waals surface area contributed by atoms with Gasteiger partial charge in [-0.1, -0.05) is 133 Å². The molecule has 0 aliphatic carbocycles. The van der Waals surface area contributed by atoms with Crippen LogP contribution in [0.2, 0.25) is 0 Å². The molecule has 8 rings (SSSR count). The lowest BCUT2D eigenvalue weighted by molar-refractivity contribution is 0.746. The first-order valence-electron chi connectivity index (χ1n) is 14.1. The van der Waals surface area contributed by atoms with Gasteiger partial charge in [-0.2, -0.15) is 0 Å². The molecule has 0 saturated carbocycles. The Morgan fingerprint density at radius 1 is 0.425 bits per heavy atom. The first-order valence-corrected chi connectivity index (χ1v) is 15.8. The van der Waals surface area contributed by atoms with Gasteiger partial charge < -0.3 is 5.32 Å². The van der Waals surface area contributed by atoms with Crippen LogP contribution < -0.4 is 20.9 Å². The van der Waals surface area contributed by atoms with E-state index in [4.69, 9.17) is 0 Å². The van der Waals surface area contributed by atoms with E-state index in [-0.39, 0.29) is 5.41 Å². The first-order chi connectivity index (χ1) is 19.8. The molecule has 2 aliphatic rings. The summed E-state index contributed by atoms with van der Waals surface area (Å²) in [5.41, 5.74) is 11.5. The van der Waals surface area contributed by atoms with Crippen molar-refractivity contribution in [3.8, 4) is 11.1 Å². The van der Waals surface area contributed by atoms with Crippen LogP contribution in [0.25, 0.3) is 11.1 Å². The zero-order valence-electron chi connectivity index (χ0n) is 22.4. The minimum Gasteiger partial charge on any atom is -0.355 e. The quantitative estimate of drug-likeness (QED) is 0.248. The lowest BCUT2D eigenvalue weighted by atomic mass is 9.62. The molecule has 0 amide bonds. The largest absolute Gasteiger partial charge is 0.355 e. The van der Waals surface area contributed by atoms with E-state index in [2.05, 4.69) is 158 Å². The van der Waals surface area contributed by atoms with Crippen molar-refractivity contribution in [2.24, 2.45) is 0 Å². The summed E-state index contributed by atoms with van der Waals surface area (Å²) in [7, 11) is -1.86. The number of hydrogen-bond acceptors (Lipinski definition) is 1. The van der Waals surface area contributed by atoms with E-state index in [0.717, 1.165) is 0 Å². The van der Waals surface area contributed by atoms with E-state index >= 15 is 0 Å². The molecule has 1 nitrogen and oxygen atoms in total. The minimum atomic E-state index is -1.86. The van der Waals surface area contributed by atoms with E-state index in [1.54, 1.807) is 0 Å². The van der Waals surface area contributed by atoms with Crippen molar-refractivity contribution < 1.29 is 0 Å². The summed E-state index contributed by atoms with van der Waals surface area (Å²) in [4.78, 5) is 0. The molecule has 0 unspecified atom stereocenters. The minimum absolute atomic E-state index is 0.382. The molecule has 0 atom stereocenters. The van der Waals surface area contributed by atoms with E-state index < -0.39 is 8.80 Å². The van der Waals surface area contributed by atoms with E-state index in [1.165, 1.54) is 65.9 Å². The van der Waals surface area contributed by atoms with Crippen LogP contribution in [-0.2, 0) is 5.41 Å². The number of hydrogen-bond donors (Lipinski definition) is 1. The van der Waals surface area contributed by atoms with E-state index in [1.807, 2.05) is 0 Å². The summed E-state index contributed by atoms with van der Waals surface area (Å²) in [6.45, 7) is 2.23. The van der Waals surface area contributed by atoms with Crippen LogP contribution in [0.1, 0.15) is 27.8 Å². The third-order valence-corrected chi connectivity index (χ3v) is 12.4. The predicted molar refractivity (Wildman–Crippen MR) is 171 cm³/mol. The summed E-state index contributed by atoms with van der Waals surface area (Å²) in [5.74, 6) is 0. The molecule has 0 radical (unpaired) electrons. The molecule has 6 aromatic carbocycles. The Labute approximate surface area is 237 Å². The Balaban J connectivity index is 1.50. The molecule has 1 spiro atoms. The lowest BCUT2D eigenvalue weighted by Crippen LogP contribution is -2.62. The van der Waals surface area contributed by atoms with Crippen LogP contribution in [0.3, 0.4) is 0 Å². The molecule has 40 heavy (non-hydrogen) atoms. The summed E-state index contributed by atoms with van der Waals surface area (Å²) in [6.07, 6.45) is 0. The molecule has 190 valence electrons. The summed E-state index contributed by atoms with van der Waals surface area (Å²) in [6, 6.07) is 54.4. The zero-order chi connectivity index (χ0) is 26.7. The Kier molecular flexibility index (Phi) is 5.19. The van der Waals surface area contributed by atoms with Gasteiger partial charge in [-0.15, -0.1) is 0 Å². The lowest BCUT2D eigenvalue weighted by Gasteiger charge is -2.48. The highest BCUT2D eigenvalue weighted by atomic mass is 28.3. The molecule has 0 bridgehead atoms. The molecule has 0 aromatic heterocycles. The summed E-state index contributed by atoms with van der Waals surface area (Å²) < 4.78 is 0. The van der Waals surface area contributed by atoms with Crippen molar-refractivity contribution in [1.29, 1.82) is 0 Å². The van der Waals surface area contributed by atoms with Crippen molar-refractivity contribution >= 4 is 35.7 Å². The van der Waals surface area contributed by atoms with Gasteiger partial charge in [0.2, 0.25) is 0 Å². The average molecular weight is 528 g/mol. The normalized spacial score (nSPS) is 14.4. The van der Waals surface area contributed by atoms with Crippen LogP contribution in [0.4, 0.5) is 11.4 Å². The number of benzene rings is 6. The first kappa shape index (κ1) is 23.2. The van der Waals surface area contributed by atoms with Crippen LogP contribution in [0.15, 0.2) is 146 Å². The highest BCUT2D eigenvalue weighted by molar-refractivity contribution is 6.97. The van der Waals surface area contributed by atoms with Gasteiger partial charge in [0.25, 0.3) is 0 Å². The maximum atomic E-state index is 3.76. The molecule has 0 saturated heterocycles. The van der Waals surface area contributed by atoms with Crippen LogP contribution >= 0.6 is 0 Å². The monoisotopic (exact) mass is 527 g/mol. The van der Waals surface area contributed by atoms with Crippen molar-refractivity contribution in [3.05, 3.63) is 173 Å². The molecule has 2 heterocycles. The third kappa shape index (κ3) is 3.14. The van der Waals surface area contributed by atoms with Crippen LogP contribution in [0, 0.1) is 6.92 Å². The van der Waals surface area contributed by atoms with Crippen LogP contribution in [-0.4, -0.2) is 8.80 Å². The molecule has 0 fully saturated rings. The number of fused-ring (bicyclic) bond motifs is 8. The Morgan fingerprint density at radius 3 is 1.43 bits per heavy atom. The van der Waals surface area contributed by atoms with Gasteiger partial charge in [-0.3, -0.25) is 0 Å². The summed E-state index contributed by atoms with van der Waals surface area (Å²) >= 11 is 0. The molecular formula is C38H29NSi. The zero-order valence-corrected chi connectivity index (χ0v) is 23.6. The second kappa shape index (κ2) is 8.94. The van der Waals surface area contributed by atoms with Gasteiger partial charge in [-0.05, 0) is 73.6 Å². The maximum absolute atomic E-state index is 3.76. The van der Waals surface area contributed by atoms with Gasteiger partial charge in [-0.25, -0.2) is 0 Å². The van der Waals surface area contributed by atoms with Crippen molar-refractivity contribution in [2.75, 3.05) is 5.32 Å². The summed E-state index contributed by atoms with van der Waals surface area (Å²) in [5, 5.41) is 8.27. The number of nitrogens with one attached hydrogen (secondary N) is 1. The second-order valence-electron chi connectivity index (χ2n) is 11.0. The SMILES string of the molecule is Cc1ccccc1-c1ccccc1[SiH]1c2ccccc2C2(c3ccccc3Nc3ccccc32)c2ccccc21. The molecule has 6 aromatic rings. The van der Waals surface area contributed by atoms with Gasteiger partial charge in [0.15, 0.2) is 0 Å². The fourth-order valence-electron chi connectivity index (χ4n) is 7.41. The number of rotatable bonds is 2. The fourth-order valence-corrected chi connectivity index (χ4v) is 11.1. The topological polar surface area (TPSA) is 12.0 Å². The van der Waals surface area contributed by atoms with E-state index in [0.29, 0.717) is 0 Å². The molecule has 2 heteroatoms. The molecule has 1 N–H and O–H groups in total. The van der Waals surface area contributed by atoms with Crippen LogP contribution in [0.5, 0.6) is 0 Å². The van der Waals surface area contributed by atoms with Gasteiger partial charge in [0.1, 0.15) is 8.80 Å². The predicted octanol–water partition coefficient (Wildman–Crippen LogP) is 6.66. The average Bonchev–Trinajstić information content (AvgIpc) is 3.01. The Hall–Kier alpha value is -4.66. The molecule has 2 aliphatic heterocycles. The fraction of sp³-hybridized carbons (Fsp3) is 0.0526. The number of para-hydroxylation sites is 2. The van der Waals surface area contributed by atoms with Gasteiger partial charge in [0.05, 0.1) is 5.41 Å². The maximum Gasteiger partial charge on any atom is 0.134 e. The molecular weight excluding hydrogens is 499 g/mol. The smallest absolute Gasteiger partial charge is 0.134 e. The van der Waals surface area contributed by atoms with E-state index in [9.17, 15) is 0 Å². The van der Waals surface area contributed by atoms with Crippen molar-refractivity contribution in [2.45, 2.75) is 12.3 Å². The second-order valence-corrected chi connectivity index (χ2v) is 13.7. The number of aryl methyl sites for hydroxylation is 1. The van der Waals surface area contributed by atoms with Crippen molar-refractivity contribution in [3.63, 3.8) is 0 Å². The third-order valence-electron chi connectivity index (χ3n) is 8.99. The van der Waals surface area contributed by atoms with Gasteiger partial charge in [0, 0.05) is 11.4 Å². The van der Waals surface area contributed by atoms with Crippen molar-refractivity contribution in [1.82, 2.24) is 0 Å². The standard InChI is InChI=1S/C38H29NSi/c1-26-14-2-3-15-27(26)28-16-4-11-23-35(28)40-36-24-12-7-19-31(36)38(32-20-8-13-25-37(32)40)29-17-5-9-21-33(29)39-34-22-10-6-18-30(34)38/h2-25,39-40H,1H3. The number of anilines is 2. The highest BCUT2D eigenvalue weighted by Crippen LogP contribution is 2.53.